The standard InChI is InChI=1S/C14H18N8O2/c1-20(2)13-16-12(17-14(18-13)21(3)4)19-15-9-10-5-7-11(8-6-10)22(23)24/h5-9H,1-4H3,(H,16,17,18,19)/b15-9+. The zero-order chi connectivity index (χ0) is 17.7. The molecule has 0 spiro atoms. The summed E-state index contributed by atoms with van der Waals surface area (Å²) in [6.07, 6.45) is 1.53. The van der Waals surface area contributed by atoms with Crippen LogP contribution in [0.2, 0.25) is 0 Å². The van der Waals surface area contributed by atoms with Crippen molar-refractivity contribution in [2.45, 2.75) is 0 Å². The van der Waals surface area contributed by atoms with Crippen LogP contribution in [0.4, 0.5) is 23.5 Å². The average Bonchev–Trinajstić information content (AvgIpc) is 2.55. The number of hydrazone groups is 1. The van der Waals surface area contributed by atoms with Gasteiger partial charge in [0, 0.05) is 40.3 Å². The summed E-state index contributed by atoms with van der Waals surface area (Å²) in [4.78, 5) is 26.5. The molecule has 1 heterocycles. The Labute approximate surface area is 139 Å². The van der Waals surface area contributed by atoms with Crippen molar-refractivity contribution in [3.63, 3.8) is 0 Å². The fourth-order valence-electron chi connectivity index (χ4n) is 1.65. The smallest absolute Gasteiger partial charge is 0.269 e. The number of hydrogen-bond acceptors (Lipinski definition) is 9. The molecule has 2 aromatic rings. The number of benzene rings is 1. The van der Waals surface area contributed by atoms with Crippen LogP contribution in [-0.2, 0) is 0 Å². The summed E-state index contributed by atoms with van der Waals surface area (Å²) in [5.41, 5.74) is 3.48. The van der Waals surface area contributed by atoms with E-state index in [0.29, 0.717) is 23.4 Å². The number of nitro groups is 1. The molecule has 1 N–H and O–H groups in total. The Morgan fingerprint density at radius 2 is 1.58 bits per heavy atom. The first-order chi connectivity index (χ1) is 11.4. The van der Waals surface area contributed by atoms with Gasteiger partial charge in [0.15, 0.2) is 0 Å². The third kappa shape index (κ3) is 4.35. The third-order valence-corrected chi connectivity index (χ3v) is 2.89. The summed E-state index contributed by atoms with van der Waals surface area (Å²) in [5, 5.41) is 14.7. The molecule has 0 atom stereocenters. The van der Waals surface area contributed by atoms with E-state index in [9.17, 15) is 10.1 Å². The molecule has 0 saturated carbocycles. The van der Waals surface area contributed by atoms with Crippen LogP contribution in [0.3, 0.4) is 0 Å². The highest BCUT2D eigenvalue weighted by Gasteiger charge is 2.09. The first kappa shape index (κ1) is 17.1. The molecule has 10 heteroatoms. The number of nitro benzene ring substituents is 1. The minimum absolute atomic E-state index is 0.0313. The number of non-ortho nitro benzene ring substituents is 1. The molecule has 0 saturated heterocycles. The second-order valence-electron chi connectivity index (χ2n) is 5.27. The van der Waals surface area contributed by atoms with Gasteiger partial charge in [-0.1, -0.05) is 0 Å². The number of aromatic nitrogens is 3. The quantitative estimate of drug-likeness (QED) is 0.480. The lowest BCUT2D eigenvalue weighted by Gasteiger charge is -2.15. The van der Waals surface area contributed by atoms with Crippen LogP contribution in [0.15, 0.2) is 29.4 Å². The molecular formula is C14H18N8O2. The van der Waals surface area contributed by atoms with Crippen molar-refractivity contribution in [1.29, 1.82) is 0 Å². The summed E-state index contributed by atoms with van der Waals surface area (Å²) in [7, 11) is 7.33. The van der Waals surface area contributed by atoms with Gasteiger partial charge in [-0.25, -0.2) is 5.43 Å². The largest absolute Gasteiger partial charge is 0.347 e. The SMILES string of the molecule is CN(C)c1nc(N/N=C/c2ccc([N+](=O)[O-])cc2)nc(N(C)C)n1. The summed E-state index contributed by atoms with van der Waals surface area (Å²) >= 11 is 0. The normalized spacial score (nSPS) is 10.7. The Morgan fingerprint density at radius 1 is 1.04 bits per heavy atom. The summed E-state index contributed by atoms with van der Waals surface area (Å²) in [5.74, 6) is 1.30. The Kier molecular flexibility index (Phi) is 5.20. The molecule has 0 amide bonds. The van der Waals surface area contributed by atoms with Gasteiger partial charge in [-0.2, -0.15) is 20.1 Å². The first-order valence-corrected chi connectivity index (χ1v) is 7.01. The zero-order valence-corrected chi connectivity index (χ0v) is 13.8. The van der Waals surface area contributed by atoms with E-state index in [4.69, 9.17) is 0 Å². The topological polar surface area (TPSA) is 113 Å². The van der Waals surface area contributed by atoms with Crippen molar-refractivity contribution in [2.75, 3.05) is 43.4 Å². The highest BCUT2D eigenvalue weighted by atomic mass is 16.6. The molecule has 24 heavy (non-hydrogen) atoms. The summed E-state index contributed by atoms with van der Waals surface area (Å²) < 4.78 is 0. The number of nitrogens with one attached hydrogen (secondary N) is 1. The van der Waals surface area contributed by atoms with Gasteiger partial charge in [0.25, 0.3) is 5.69 Å². The van der Waals surface area contributed by atoms with Crippen molar-refractivity contribution >= 4 is 29.7 Å². The van der Waals surface area contributed by atoms with Gasteiger partial charge in [-0.3, -0.25) is 10.1 Å². The zero-order valence-electron chi connectivity index (χ0n) is 13.8. The minimum atomic E-state index is -0.449. The molecule has 0 radical (unpaired) electrons. The maximum atomic E-state index is 10.6. The Hall–Kier alpha value is -3.30. The van der Waals surface area contributed by atoms with E-state index >= 15 is 0 Å². The lowest BCUT2D eigenvalue weighted by atomic mass is 10.2. The molecule has 2 rings (SSSR count). The monoisotopic (exact) mass is 330 g/mol. The van der Waals surface area contributed by atoms with Crippen molar-refractivity contribution in [3.05, 3.63) is 39.9 Å². The van der Waals surface area contributed by atoms with E-state index in [2.05, 4.69) is 25.5 Å². The van der Waals surface area contributed by atoms with Crippen molar-refractivity contribution in [3.8, 4) is 0 Å². The number of anilines is 3. The molecule has 1 aromatic carbocycles. The van der Waals surface area contributed by atoms with Gasteiger partial charge in [-0.15, -0.1) is 0 Å². The maximum Gasteiger partial charge on any atom is 0.269 e. The van der Waals surface area contributed by atoms with Crippen LogP contribution in [0.5, 0.6) is 0 Å². The minimum Gasteiger partial charge on any atom is -0.347 e. The molecule has 0 aliphatic carbocycles. The fourth-order valence-corrected chi connectivity index (χ4v) is 1.65. The van der Waals surface area contributed by atoms with Crippen LogP contribution < -0.4 is 15.2 Å². The van der Waals surface area contributed by atoms with E-state index < -0.39 is 4.92 Å². The highest BCUT2D eigenvalue weighted by Crippen LogP contribution is 2.13. The van der Waals surface area contributed by atoms with Crippen molar-refractivity contribution < 1.29 is 4.92 Å². The first-order valence-electron chi connectivity index (χ1n) is 7.01. The molecule has 0 aliphatic heterocycles. The Bertz CT molecular complexity index is 717. The van der Waals surface area contributed by atoms with E-state index in [0.717, 1.165) is 0 Å². The van der Waals surface area contributed by atoms with E-state index in [1.807, 2.05) is 28.2 Å². The van der Waals surface area contributed by atoms with Gasteiger partial charge in [0.1, 0.15) is 0 Å². The summed E-state index contributed by atoms with van der Waals surface area (Å²) in [6, 6.07) is 6.04. The van der Waals surface area contributed by atoms with Gasteiger partial charge in [0.2, 0.25) is 17.8 Å². The van der Waals surface area contributed by atoms with Crippen molar-refractivity contribution in [2.24, 2.45) is 5.10 Å². The highest BCUT2D eigenvalue weighted by molar-refractivity contribution is 5.80. The lowest BCUT2D eigenvalue weighted by Crippen LogP contribution is -2.19. The van der Waals surface area contributed by atoms with Crippen LogP contribution in [-0.4, -0.2) is 54.3 Å². The molecule has 1 aromatic heterocycles. The predicted octanol–water partition coefficient (Wildman–Crippen LogP) is 1.36. The maximum absolute atomic E-state index is 10.6. The second-order valence-corrected chi connectivity index (χ2v) is 5.27. The number of nitrogens with zero attached hydrogens (tertiary/aromatic N) is 7. The lowest BCUT2D eigenvalue weighted by molar-refractivity contribution is -0.384. The van der Waals surface area contributed by atoms with Gasteiger partial charge in [-0.05, 0) is 17.7 Å². The molecular weight excluding hydrogens is 312 g/mol. The molecule has 10 nitrogen and oxygen atoms in total. The number of hydrogen-bond donors (Lipinski definition) is 1. The van der Waals surface area contributed by atoms with E-state index in [1.54, 1.807) is 21.9 Å². The Balaban J connectivity index is 2.14. The molecule has 0 fully saturated rings. The van der Waals surface area contributed by atoms with Gasteiger partial charge >= 0.3 is 0 Å². The van der Waals surface area contributed by atoms with E-state index in [-0.39, 0.29) is 5.69 Å². The fraction of sp³-hybridized carbons (Fsp3) is 0.286. The van der Waals surface area contributed by atoms with Crippen LogP contribution in [0, 0.1) is 10.1 Å². The molecule has 0 aliphatic rings. The average molecular weight is 330 g/mol. The van der Waals surface area contributed by atoms with E-state index in [1.165, 1.54) is 18.3 Å². The van der Waals surface area contributed by atoms with Gasteiger partial charge < -0.3 is 9.80 Å². The van der Waals surface area contributed by atoms with Gasteiger partial charge in [0.05, 0.1) is 11.1 Å². The Morgan fingerprint density at radius 3 is 2.04 bits per heavy atom. The van der Waals surface area contributed by atoms with Crippen LogP contribution in [0.25, 0.3) is 0 Å². The van der Waals surface area contributed by atoms with Crippen LogP contribution in [0.1, 0.15) is 5.56 Å². The third-order valence-electron chi connectivity index (χ3n) is 2.89. The van der Waals surface area contributed by atoms with Crippen LogP contribution >= 0.6 is 0 Å². The molecule has 126 valence electrons. The molecule has 0 bridgehead atoms. The number of rotatable bonds is 6. The molecule has 0 unspecified atom stereocenters. The van der Waals surface area contributed by atoms with Crippen molar-refractivity contribution in [1.82, 2.24) is 15.0 Å². The predicted molar refractivity (Wildman–Crippen MR) is 92.8 cm³/mol. The second kappa shape index (κ2) is 7.31. The summed E-state index contributed by atoms with van der Waals surface area (Å²) in [6.45, 7) is 0.